The molecule has 1 aromatic carbocycles. The van der Waals surface area contributed by atoms with Gasteiger partial charge in [0.05, 0.1) is 19.2 Å². The van der Waals surface area contributed by atoms with Crippen LogP contribution in [0.5, 0.6) is 5.75 Å². The van der Waals surface area contributed by atoms with E-state index >= 15 is 0 Å². The van der Waals surface area contributed by atoms with Gasteiger partial charge in [-0.15, -0.1) is 0 Å². The molecule has 0 aliphatic rings. The second-order valence-electron chi connectivity index (χ2n) is 7.96. The molecule has 0 radical (unpaired) electrons. The van der Waals surface area contributed by atoms with Crippen molar-refractivity contribution in [3.63, 3.8) is 0 Å². The molecular weight excluding hydrogens is 362 g/mol. The van der Waals surface area contributed by atoms with Crippen LogP contribution in [0.25, 0.3) is 0 Å². The number of hydrogen-bond acceptors (Lipinski definition) is 3. The van der Waals surface area contributed by atoms with E-state index in [2.05, 4.69) is 12.2 Å². The number of methoxy groups -OCH3 is 1. The maximum atomic E-state index is 12.0. The number of para-hydroxylation sites is 2. The van der Waals surface area contributed by atoms with Gasteiger partial charge in [-0.1, -0.05) is 96.1 Å². The summed E-state index contributed by atoms with van der Waals surface area (Å²) in [5.74, 6) is 0.347. The van der Waals surface area contributed by atoms with Crippen LogP contribution in [0, 0.1) is 0 Å². The molecule has 0 fully saturated rings. The Morgan fingerprint density at radius 3 is 1.86 bits per heavy atom. The Balaban J connectivity index is 1.97. The summed E-state index contributed by atoms with van der Waals surface area (Å²) in [5, 5.41) is 2.76. The van der Waals surface area contributed by atoms with E-state index in [0.717, 1.165) is 12.8 Å². The molecule has 0 unspecified atom stereocenters. The van der Waals surface area contributed by atoms with Crippen molar-refractivity contribution in [3.05, 3.63) is 24.3 Å². The highest BCUT2D eigenvalue weighted by molar-refractivity contribution is 6.04. The number of benzene rings is 1. The van der Waals surface area contributed by atoms with Crippen LogP contribution in [-0.2, 0) is 9.59 Å². The third-order valence-corrected chi connectivity index (χ3v) is 5.30. The SMILES string of the molecule is CCCCCCCCCCCCCCCC(=O)CC(=O)Nc1ccccc1OC. The molecule has 0 saturated carbocycles. The molecule has 164 valence electrons. The molecule has 1 amide bonds. The lowest BCUT2D eigenvalue weighted by molar-refractivity contribution is -0.125. The third-order valence-electron chi connectivity index (χ3n) is 5.30. The minimum atomic E-state index is -0.269. The summed E-state index contributed by atoms with van der Waals surface area (Å²) >= 11 is 0. The number of carbonyl (C=O) groups is 2. The number of ketones is 1. The number of rotatable bonds is 18. The first-order valence-electron chi connectivity index (χ1n) is 11.6. The Morgan fingerprint density at radius 1 is 0.793 bits per heavy atom. The Hall–Kier alpha value is -1.84. The van der Waals surface area contributed by atoms with E-state index in [1.165, 1.54) is 70.6 Å². The van der Waals surface area contributed by atoms with E-state index < -0.39 is 0 Å². The molecule has 0 heterocycles. The van der Waals surface area contributed by atoms with Crippen molar-refractivity contribution in [1.82, 2.24) is 0 Å². The summed E-state index contributed by atoms with van der Waals surface area (Å²) in [6.45, 7) is 2.26. The van der Waals surface area contributed by atoms with E-state index in [4.69, 9.17) is 4.74 Å². The van der Waals surface area contributed by atoms with Crippen molar-refractivity contribution in [2.75, 3.05) is 12.4 Å². The van der Waals surface area contributed by atoms with Crippen LogP contribution < -0.4 is 10.1 Å². The predicted molar refractivity (Wildman–Crippen MR) is 122 cm³/mol. The lowest BCUT2D eigenvalue weighted by atomic mass is 10.0. The number of anilines is 1. The lowest BCUT2D eigenvalue weighted by Gasteiger charge is -2.09. The van der Waals surface area contributed by atoms with Crippen LogP contribution in [0.2, 0.25) is 0 Å². The van der Waals surface area contributed by atoms with E-state index in [1.54, 1.807) is 19.2 Å². The molecule has 0 aliphatic heterocycles. The second kappa shape index (κ2) is 17.1. The second-order valence-corrected chi connectivity index (χ2v) is 7.96. The quantitative estimate of drug-likeness (QED) is 0.210. The van der Waals surface area contributed by atoms with Gasteiger partial charge in [0.2, 0.25) is 5.91 Å². The number of hydrogen-bond donors (Lipinski definition) is 1. The summed E-state index contributed by atoms with van der Waals surface area (Å²) in [6, 6.07) is 7.22. The van der Waals surface area contributed by atoms with Gasteiger partial charge < -0.3 is 10.1 Å². The number of Topliss-reactive ketones (excluding diaryl/α,β-unsaturated/α-hetero) is 1. The van der Waals surface area contributed by atoms with Gasteiger partial charge in [0.1, 0.15) is 11.5 Å². The van der Waals surface area contributed by atoms with Gasteiger partial charge in [0.25, 0.3) is 0 Å². The first-order chi connectivity index (χ1) is 14.2. The molecule has 1 rings (SSSR count). The predicted octanol–water partition coefficient (Wildman–Crippen LogP) is 7.07. The third kappa shape index (κ3) is 13.1. The Labute approximate surface area is 177 Å². The standard InChI is InChI=1S/C25H41NO3/c1-3-4-5-6-7-8-9-10-11-12-13-14-15-18-22(27)21-25(28)26-23-19-16-17-20-24(23)29-2/h16-17,19-20H,3-15,18,21H2,1-2H3,(H,26,28). The number of ether oxygens (including phenoxy) is 1. The smallest absolute Gasteiger partial charge is 0.231 e. The number of carbonyl (C=O) groups excluding carboxylic acids is 2. The maximum Gasteiger partial charge on any atom is 0.231 e. The van der Waals surface area contributed by atoms with Crippen molar-refractivity contribution in [2.45, 2.75) is 103 Å². The monoisotopic (exact) mass is 403 g/mol. The summed E-state index contributed by atoms with van der Waals surface area (Å²) in [7, 11) is 1.56. The number of nitrogens with one attached hydrogen (secondary N) is 1. The zero-order valence-corrected chi connectivity index (χ0v) is 18.6. The molecule has 0 atom stereocenters. The van der Waals surface area contributed by atoms with Gasteiger partial charge in [-0.25, -0.2) is 0 Å². The molecule has 0 saturated heterocycles. The summed E-state index contributed by atoms with van der Waals surface area (Å²) in [5.41, 5.74) is 0.605. The highest BCUT2D eigenvalue weighted by Crippen LogP contribution is 2.23. The molecule has 4 heteroatoms. The fourth-order valence-electron chi connectivity index (χ4n) is 3.55. The average molecular weight is 404 g/mol. The first kappa shape index (κ1) is 25.2. The van der Waals surface area contributed by atoms with Crippen molar-refractivity contribution in [1.29, 1.82) is 0 Å². The first-order valence-corrected chi connectivity index (χ1v) is 11.6. The molecule has 29 heavy (non-hydrogen) atoms. The van der Waals surface area contributed by atoms with Gasteiger partial charge in [-0.2, -0.15) is 0 Å². The van der Waals surface area contributed by atoms with Crippen molar-refractivity contribution >= 4 is 17.4 Å². The van der Waals surface area contributed by atoms with Crippen LogP contribution in [0.3, 0.4) is 0 Å². The number of amides is 1. The van der Waals surface area contributed by atoms with E-state index in [1.807, 2.05) is 12.1 Å². The highest BCUT2D eigenvalue weighted by Gasteiger charge is 2.11. The Bertz CT molecular complexity index is 571. The molecule has 1 aromatic rings. The van der Waals surface area contributed by atoms with Crippen LogP contribution >= 0.6 is 0 Å². The van der Waals surface area contributed by atoms with Crippen molar-refractivity contribution in [2.24, 2.45) is 0 Å². The maximum absolute atomic E-state index is 12.0. The van der Waals surface area contributed by atoms with Crippen LogP contribution in [-0.4, -0.2) is 18.8 Å². The molecule has 0 spiro atoms. The molecule has 0 aliphatic carbocycles. The molecule has 0 bridgehead atoms. The van der Waals surface area contributed by atoms with Crippen molar-refractivity contribution < 1.29 is 14.3 Å². The van der Waals surface area contributed by atoms with Gasteiger partial charge >= 0.3 is 0 Å². The van der Waals surface area contributed by atoms with E-state index in [-0.39, 0.29) is 18.1 Å². The highest BCUT2D eigenvalue weighted by atomic mass is 16.5. The molecule has 1 N–H and O–H groups in total. The zero-order valence-electron chi connectivity index (χ0n) is 18.6. The van der Waals surface area contributed by atoms with Gasteiger partial charge in [-0.3, -0.25) is 9.59 Å². The zero-order chi connectivity index (χ0) is 21.2. The van der Waals surface area contributed by atoms with E-state index in [0.29, 0.717) is 17.9 Å². The summed E-state index contributed by atoms with van der Waals surface area (Å²) < 4.78 is 5.20. The minimum Gasteiger partial charge on any atom is -0.495 e. The van der Waals surface area contributed by atoms with Crippen LogP contribution in [0.4, 0.5) is 5.69 Å². The summed E-state index contributed by atoms with van der Waals surface area (Å²) in [6.07, 6.45) is 17.2. The summed E-state index contributed by atoms with van der Waals surface area (Å²) in [4.78, 5) is 24.0. The average Bonchev–Trinajstić information content (AvgIpc) is 2.71. The topological polar surface area (TPSA) is 55.4 Å². The van der Waals surface area contributed by atoms with Gasteiger partial charge in [0, 0.05) is 6.42 Å². The van der Waals surface area contributed by atoms with Crippen LogP contribution in [0.15, 0.2) is 24.3 Å². The molecular formula is C25H41NO3. The lowest BCUT2D eigenvalue weighted by Crippen LogP contribution is -2.16. The Morgan fingerprint density at radius 2 is 1.31 bits per heavy atom. The van der Waals surface area contributed by atoms with Gasteiger partial charge in [0.15, 0.2) is 0 Å². The van der Waals surface area contributed by atoms with E-state index in [9.17, 15) is 9.59 Å². The van der Waals surface area contributed by atoms with Crippen molar-refractivity contribution in [3.8, 4) is 5.75 Å². The fourth-order valence-corrected chi connectivity index (χ4v) is 3.55. The number of unbranched alkanes of at least 4 members (excludes halogenated alkanes) is 12. The van der Waals surface area contributed by atoms with Gasteiger partial charge in [-0.05, 0) is 18.6 Å². The normalized spacial score (nSPS) is 10.7. The molecule has 4 nitrogen and oxygen atoms in total. The fraction of sp³-hybridized carbons (Fsp3) is 0.680. The Kier molecular flexibility index (Phi) is 14.8. The molecule has 0 aromatic heterocycles. The minimum absolute atomic E-state index is 0.0143. The van der Waals surface area contributed by atoms with Crippen LogP contribution in [0.1, 0.15) is 103 Å². The largest absolute Gasteiger partial charge is 0.495 e.